The molecule has 1 heterocycles. The Morgan fingerprint density at radius 1 is 1.28 bits per heavy atom. The number of halogens is 1. The van der Waals surface area contributed by atoms with E-state index >= 15 is 0 Å². The van der Waals surface area contributed by atoms with E-state index in [1.165, 1.54) is 33.5 Å². The van der Waals surface area contributed by atoms with Gasteiger partial charge in [0.2, 0.25) is 10.0 Å². The van der Waals surface area contributed by atoms with Crippen molar-refractivity contribution in [1.82, 2.24) is 9.21 Å². The maximum Gasteiger partial charge on any atom is 0.253 e. The number of aliphatic hydroxyl groups excluding tert-OH is 1. The van der Waals surface area contributed by atoms with Crippen LogP contribution in [0.15, 0.2) is 47.4 Å². The lowest BCUT2D eigenvalue weighted by atomic mass is 10.0. The molecule has 36 heavy (non-hydrogen) atoms. The summed E-state index contributed by atoms with van der Waals surface area (Å²) in [7, 11) is -2.36. The van der Waals surface area contributed by atoms with Crippen LogP contribution in [0.1, 0.15) is 42.6 Å². The molecular weight excluding hydrogens is 483 g/mol. The zero-order valence-electron chi connectivity index (χ0n) is 20.6. The van der Waals surface area contributed by atoms with Gasteiger partial charge in [0.15, 0.2) is 0 Å². The van der Waals surface area contributed by atoms with Crippen molar-refractivity contribution in [1.29, 1.82) is 0 Å². The van der Waals surface area contributed by atoms with Gasteiger partial charge in [-0.1, -0.05) is 24.8 Å². The largest absolute Gasteiger partial charge is 0.487 e. The number of nitrogens with zero attached hydrogens (tertiary/aromatic N) is 2. The minimum atomic E-state index is -3.96. The first-order chi connectivity index (χ1) is 17.1. The highest BCUT2D eigenvalue weighted by Crippen LogP contribution is 2.34. The molecule has 0 saturated heterocycles. The third-order valence-corrected chi connectivity index (χ3v) is 8.56. The molecule has 1 N–H and O–H groups in total. The molecule has 1 saturated carbocycles. The van der Waals surface area contributed by atoms with Crippen molar-refractivity contribution in [2.75, 3.05) is 26.7 Å². The van der Waals surface area contributed by atoms with E-state index in [0.29, 0.717) is 11.5 Å². The molecule has 1 aliphatic heterocycles. The van der Waals surface area contributed by atoms with Gasteiger partial charge < -0.3 is 14.7 Å². The lowest BCUT2D eigenvalue weighted by Gasteiger charge is -2.37. The Kier molecular flexibility index (Phi) is 7.69. The second-order valence-corrected chi connectivity index (χ2v) is 11.5. The molecule has 3 atom stereocenters. The maximum absolute atomic E-state index is 13.7. The zero-order valence-corrected chi connectivity index (χ0v) is 21.5. The molecule has 9 heteroatoms. The summed E-state index contributed by atoms with van der Waals surface area (Å²) in [5.41, 5.74) is 0.862. The molecule has 0 unspecified atom stereocenters. The van der Waals surface area contributed by atoms with Crippen LogP contribution in [-0.2, 0) is 10.0 Å². The van der Waals surface area contributed by atoms with Crippen molar-refractivity contribution < 1.29 is 27.4 Å². The molecule has 1 fully saturated rings. The fourth-order valence-corrected chi connectivity index (χ4v) is 5.95. The molecule has 1 amide bonds. The van der Waals surface area contributed by atoms with Crippen LogP contribution >= 0.6 is 0 Å². The second-order valence-electron chi connectivity index (χ2n) is 9.64. The number of rotatable bonds is 5. The van der Waals surface area contributed by atoms with Gasteiger partial charge in [-0.2, -0.15) is 4.31 Å². The van der Waals surface area contributed by atoms with Gasteiger partial charge in [0.25, 0.3) is 5.91 Å². The lowest BCUT2D eigenvalue weighted by Crippen LogP contribution is -2.50. The molecule has 2 aromatic carbocycles. The van der Waals surface area contributed by atoms with Crippen LogP contribution in [0.4, 0.5) is 4.39 Å². The third-order valence-electron chi connectivity index (χ3n) is 6.54. The van der Waals surface area contributed by atoms with Crippen LogP contribution in [0.3, 0.4) is 0 Å². The van der Waals surface area contributed by atoms with Gasteiger partial charge in [0, 0.05) is 42.6 Å². The Bertz CT molecular complexity index is 1300. The summed E-state index contributed by atoms with van der Waals surface area (Å²) < 4.78 is 48.4. The molecule has 0 aromatic heterocycles. The molecule has 0 radical (unpaired) electrons. The molecule has 192 valence electrons. The van der Waals surface area contributed by atoms with Crippen molar-refractivity contribution in [2.45, 2.75) is 43.7 Å². The van der Waals surface area contributed by atoms with Crippen LogP contribution in [0.2, 0.25) is 0 Å². The fourth-order valence-electron chi connectivity index (χ4n) is 4.13. The summed E-state index contributed by atoms with van der Waals surface area (Å²) in [6, 6.07) is 9.61. The number of likely N-dealkylation sites (N-methyl/N-ethyl adjacent to an activating group) is 1. The van der Waals surface area contributed by atoms with Gasteiger partial charge in [0.05, 0.1) is 13.2 Å². The van der Waals surface area contributed by atoms with E-state index in [9.17, 15) is 22.7 Å². The van der Waals surface area contributed by atoms with Gasteiger partial charge in [-0.05, 0) is 56.2 Å². The standard InChI is InChI=1S/C27H31FN2O5S/c1-18-15-30(19(2)17-31)36(33,34)26-12-11-21(10-9-20-7-8-20)13-24(26)35-25(18)16-29(3)27(32)22-5-4-6-23(28)14-22/h4-6,11-14,18-20,25,31H,7-8,15-17H2,1-3H3/t18-,19+,25-/m1/s1. The van der Waals surface area contributed by atoms with E-state index in [0.717, 1.165) is 12.8 Å². The third kappa shape index (κ3) is 5.72. The van der Waals surface area contributed by atoms with Crippen LogP contribution in [0, 0.1) is 29.5 Å². The number of sulfonamides is 1. The molecule has 1 aliphatic carbocycles. The quantitative estimate of drug-likeness (QED) is 0.620. The predicted molar refractivity (Wildman–Crippen MR) is 133 cm³/mol. The number of hydrogen-bond acceptors (Lipinski definition) is 5. The zero-order chi connectivity index (χ0) is 26.0. The minimum Gasteiger partial charge on any atom is -0.487 e. The van der Waals surface area contributed by atoms with E-state index in [4.69, 9.17) is 4.74 Å². The molecule has 0 bridgehead atoms. The Morgan fingerprint density at radius 2 is 2.03 bits per heavy atom. The lowest BCUT2D eigenvalue weighted by molar-refractivity contribution is 0.0563. The number of carbonyl (C=O) groups excluding carboxylic acids is 1. The molecule has 2 aromatic rings. The smallest absolute Gasteiger partial charge is 0.253 e. The maximum atomic E-state index is 13.7. The summed E-state index contributed by atoms with van der Waals surface area (Å²) in [5, 5.41) is 9.78. The van der Waals surface area contributed by atoms with Gasteiger partial charge >= 0.3 is 0 Å². The number of ether oxygens (including phenoxy) is 1. The van der Waals surface area contributed by atoms with Gasteiger partial charge in [0.1, 0.15) is 22.6 Å². The first-order valence-corrected chi connectivity index (χ1v) is 13.5. The van der Waals surface area contributed by atoms with E-state index < -0.39 is 28.0 Å². The van der Waals surface area contributed by atoms with Gasteiger partial charge in [-0.3, -0.25) is 4.79 Å². The van der Waals surface area contributed by atoms with E-state index in [-0.39, 0.29) is 47.7 Å². The van der Waals surface area contributed by atoms with Crippen LogP contribution in [-0.4, -0.2) is 67.5 Å². The van der Waals surface area contributed by atoms with Crippen molar-refractivity contribution in [3.05, 3.63) is 59.4 Å². The summed E-state index contributed by atoms with van der Waals surface area (Å²) in [6.07, 6.45) is 1.58. The van der Waals surface area contributed by atoms with Crippen molar-refractivity contribution >= 4 is 15.9 Å². The monoisotopic (exact) mass is 514 g/mol. The van der Waals surface area contributed by atoms with Crippen molar-refractivity contribution in [2.24, 2.45) is 11.8 Å². The Labute approximate surface area is 211 Å². The summed E-state index contributed by atoms with van der Waals surface area (Å²) >= 11 is 0. The van der Waals surface area contributed by atoms with Crippen LogP contribution < -0.4 is 4.74 Å². The number of fused-ring (bicyclic) bond motifs is 1. The summed E-state index contributed by atoms with van der Waals surface area (Å²) in [5.74, 6) is 5.62. The molecule has 2 aliphatic rings. The second kappa shape index (κ2) is 10.6. The predicted octanol–water partition coefficient (Wildman–Crippen LogP) is 3.13. The number of benzene rings is 2. The van der Waals surface area contributed by atoms with Gasteiger partial charge in [-0.25, -0.2) is 12.8 Å². The van der Waals surface area contributed by atoms with Crippen LogP contribution in [0.25, 0.3) is 0 Å². The van der Waals surface area contributed by atoms with Crippen molar-refractivity contribution in [3.63, 3.8) is 0 Å². The summed E-state index contributed by atoms with van der Waals surface area (Å²) in [6.45, 7) is 3.40. The van der Waals surface area contributed by atoms with E-state index in [1.54, 1.807) is 32.2 Å². The summed E-state index contributed by atoms with van der Waals surface area (Å²) in [4.78, 5) is 14.4. The van der Waals surface area contributed by atoms with Crippen LogP contribution in [0.5, 0.6) is 5.75 Å². The highest BCUT2D eigenvalue weighted by molar-refractivity contribution is 7.89. The van der Waals surface area contributed by atoms with E-state index in [1.807, 2.05) is 6.92 Å². The minimum absolute atomic E-state index is 0.00391. The highest BCUT2D eigenvalue weighted by atomic mass is 32.2. The van der Waals surface area contributed by atoms with Crippen molar-refractivity contribution in [3.8, 4) is 17.6 Å². The normalized spacial score (nSPS) is 22.1. The number of amides is 1. The first kappa shape index (κ1) is 26.1. The molecular formula is C27H31FN2O5S. The molecule has 4 rings (SSSR count). The average Bonchev–Trinajstić information content (AvgIpc) is 3.68. The average molecular weight is 515 g/mol. The van der Waals surface area contributed by atoms with E-state index in [2.05, 4.69) is 11.8 Å². The Balaban J connectivity index is 1.69. The fraction of sp³-hybridized carbons (Fsp3) is 0.444. The highest BCUT2D eigenvalue weighted by Gasteiger charge is 2.38. The van der Waals surface area contributed by atoms with Gasteiger partial charge in [-0.15, -0.1) is 0 Å². The topological polar surface area (TPSA) is 87.2 Å². The Morgan fingerprint density at radius 3 is 2.69 bits per heavy atom. The number of aliphatic hydroxyl groups is 1. The number of carbonyl (C=O) groups is 1. The Hall–Kier alpha value is -2.93. The first-order valence-electron chi connectivity index (χ1n) is 12.1. The SMILES string of the molecule is C[C@@H]1CN([C@@H](C)CO)S(=O)(=O)c2ccc(C#CC3CC3)cc2O[C@@H]1CN(C)C(=O)c1cccc(F)c1. The molecule has 0 spiro atoms. The number of hydrogen-bond donors (Lipinski definition) is 1. The molecule has 7 nitrogen and oxygen atoms in total.